The zero-order valence-corrected chi connectivity index (χ0v) is 40.8. The van der Waals surface area contributed by atoms with Gasteiger partial charge in [-0.1, -0.05) is 43.2 Å². The molecule has 0 unspecified atom stereocenters. The Kier molecular flexibility index (Phi) is 13.3. The molecule has 69 heavy (non-hydrogen) atoms. The van der Waals surface area contributed by atoms with Crippen molar-refractivity contribution in [1.82, 2.24) is 24.5 Å². The third-order valence-corrected chi connectivity index (χ3v) is 16.3. The monoisotopic (exact) mass is 977 g/mol. The Labute approximate surface area is 408 Å². The fourth-order valence-electron chi connectivity index (χ4n) is 10.8. The average Bonchev–Trinajstić information content (AvgIpc) is 3.82. The van der Waals surface area contributed by atoms with E-state index in [0.717, 1.165) is 126 Å². The van der Waals surface area contributed by atoms with Gasteiger partial charge in [0, 0.05) is 86.3 Å². The molecule has 3 aromatic carbocycles. The summed E-state index contributed by atoms with van der Waals surface area (Å²) in [4.78, 5) is 42.9. The van der Waals surface area contributed by atoms with Crippen molar-refractivity contribution < 1.29 is 27.6 Å². The number of carbonyl (C=O) groups excluding carboxylic acids is 1. The molecule has 18 heteroatoms. The highest BCUT2D eigenvalue weighted by molar-refractivity contribution is 7.90. The van der Waals surface area contributed by atoms with Crippen molar-refractivity contribution in [2.75, 3.05) is 87.3 Å². The number of pyridine rings is 1. The maximum Gasteiger partial charge on any atom is 0.293 e. The Hall–Kier alpha value is -5.72. The van der Waals surface area contributed by atoms with Gasteiger partial charge in [-0.25, -0.2) is 13.1 Å². The third-order valence-electron chi connectivity index (χ3n) is 14.7. The van der Waals surface area contributed by atoms with Crippen LogP contribution in [-0.2, 0) is 14.8 Å². The van der Waals surface area contributed by atoms with Gasteiger partial charge in [0.1, 0.15) is 23.6 Å². The number of hydrogen-bond acceptors (Lipinski definition) is 13. The van der Waals surface area contributed by atoms with Crippen LogP contribution in [0.1, 0.15) is 74.7 Å². The number of rotatable bonds is 12. The number of nitro groups is 1. The number of aromatic nitrogens is 2. The molecule has 1 amide bonds. The lowest BCUT2D eigenvalue weighted by Gasteiger charge is -2.39. The summed E-state index contributed by atoms with van der Waals surface area (Å²) in [5.74, 6) is -0.480. The van der Waals surface area contributed by atoms with E-state index in [0.29, 0.717) is 35.5 Å². The Morgan fingerprint density at radius 2 is 1.68 bits per heavy atom. The molecular formula is C51H60ClN9O7S. The molecule has 10 rings (SSSR count). The van der Waals surface area contributed by atoms with E-state index in [1.165, 1.54) is 28.8 Å². The number of aromatic amines is 1. The zero-order chi connectivity index (χ0) is 47.9. The van der Waals surface area contributed by atoms with Crippen molar-refractivity contribution in [3.05, 3.63) is 111 Å². The van der Waals surface area contributed by atoms with Gasteiger partial charge in [0.2, 0.25) is 5.88 Å². The van der Waals surface area contributed by atoms with E-state index in [1.54, 1.807) is 12.3 Å². The van der Waals surface area contributed by atoms with Gasteiger partial charge >= 0.3 is 0 Å². The average molecular weight is 979 g/mol. The lowest BCUT2D eigenvalue weighted by molar-refractivity contribution is -0.384. The summed E-state index contributed by atoms with van der Waals surface area (Å²) >= 11 is 6.28. The van der Waals surface area contributed by atoms with E-state index in [2.05, 4.69) is 55.7 Å². The third kappa shape index (κ3) is 10.3. The van der Waals surface area contributed by atoms with E-state index in [4.69, 9.17) is 26.1 Å². The summed E-state index contributed by atoms with van der Waals surface area (Å²) in [6.45, 7) is 12.7. The Morgan fingerprint density at radius 1 is 0.913 bits per heavy atom. The van der Waals surface area contributed by atoms with Crippen LogP contribution in [0.25, 0.3) is 16.6 Å². The molecule has 364 valence electrons. The van der Waals surface area contributed by atoms with Crippen LogP contribution in [0.4, 0.5) is 28.4 Å². The summed E-state index contributed by atoms with van der Waals surface area (Å²) in [6.07, 6.45) is 8.58. The lowest BCUT2D eigenvalue weighted by atomic mass is 9.72. The Balaban J connectivity index is 0.883. The lowest BCUT2D eigenvalue weighted by Crippen LogP contribution is -2.47. The van der Waals surface area contributed by atoms with E-state index < -0.39 is 20.9 Å². The molecule has 2 aromatic heterocycles. The number of halogens is 1. The van der Waals surface area contributed by atoms with Crippen LogP contribution in [0, 0.1) is 15.5 Å². The fraction of sp³-hybridized carbons (Fsp3) is 0.451. The number of nitrogens with zero attached hydrogens (tertiary/aromatic N) is 6. The van der Waals surface area contributed by atoms with Crippen molar-refractivity contribution in [1.29, 1.82) is 0 Å². The smallest absolute Gasteiger partial charge is 0.293 e. The first-order valence-corrected chi connectivity index (χ1v) is 26.0. The summed E-state index contributed by atoms with van der Waals surface area (Å²) in [6, 6.07) is 21.8. The molecule has 5 heterocycles. The molecule has 0 radical (unpaired) electrons. The predicted molar refractivity (Wildman–Crippen MR) is 270 cm³/mol. The quantitative estimate of drug-likeness (QED) is 0.0801. The molecule has 0 bridgehead atoms. The van der Waals surface area contributed by atoms with Crippen LogP contribution in [-0.4, -0.2) is 123 Å². The fourth-order valence-corrected chi connectivity index (χ4v) is 11.9. The maximum absolute atomic E-state index is 14.4. The van der Waals surface area contributed by atoms with Crippen LogP contribution in [0.15, 0.2) is 89.5 Å². The van der Waals surface area contributed by atoms with Crippen molar-refractivity contribution in [2.45, 2.75) is 75.8 Å². The second-order valence-electron chi connectivity index (χ2n) is 19.8. The molecular weight excluding hydrogens is 918 g/mol. The highest BCUT2D eigenvalue weighted by Gasteiger charge is 2.33. The van der Waals surface area contributed by atoms with Gasteiger partial charge in [-0.3, -0.25) is 24.7 Å². The number of morpholine rings is 1. The molecule has 0 atom stereocenters. The molecule has 2 aliphatic carbocycles. The van der Waals surface area contributed by atoms with Crippen LogP contribution in [0.5, 0.6) is 5.88 Å². The van der Waals surface area contributed by atoms with Gasteiger partial charge < -0.3 is 29.6 Å². The SMILES string of the molecule is CC1(C)CCC(CN2CCN(c3ccc(C(=O)NS(=O)(=O)c4ccc(N[C@H]5CC[C@H](N6CCOCC6)CC5)c([N+](=O)[O-])c4)c(N4CCOc5nc6[nH]ccc6cc54)c3)CC2)=C(c2ccc(Cl)cc2)C1. The first-order valence-electron chi connectivity index (χ1n) is 24.2. The molecule has 16 nitrogen and oxygen atoms in total. The molecule has 5 aliphatic rings. The zero-order valence-electron chi connectivity index (χ0n) is 39.2. The minimum Gasteiger partial charge on any atom is -0.474 e. The highest BCUT2D eigenvalue weighted by Crippen LogP contribution is 2.44. The minimum atomic E-state index is -4.57. The Bertz CT molecular complexity index is 2870. The van der Waals surface area contributed by atoms with Crippen molar-refractivity contribution in [3.8, 4) is 5.88 Å². The highest BCUT2D eigenvalue weighted by atomic mass is 35.5. The van der Waals surface area contributed by atoms with Gasteiger partial charge in [-0.05, 0) is 116 Å². The van der Waals surface area contributed by atoms with E-state index in [1.807, 2.05) is 41.3 Å². The first kappa shape index (κ1) is 47.0. The number of ether oxygens (including phenoxy) is 2. The summed E-state index contributed by atoms with van der Waals surface area (Å²) in [7, 11) is -4.57. The number of H-pyrrole nitrogens is 1. The first-order chi connectivity index (χ1) is 33.3. The number of amides is 1. The molecule has 0 spiro atoms. The van der Waals surface area contributed by atoms with Crippen LogP contribution in [0.2, 0.25) is 5.02 Å². The molecule has 1 saturated carbocycles. The minimum absolute atomic E-state index is 0.00303. The number of nitro benzene ring substituents is 1. The number of sulfonamides is 1. The molecule has 3 N–H and O–H groups in total. The second-order valence-corrected chi connectivity index (χ2v) is 21.9. The number of benzene rings is 3. The van der Waals surface area contributed by atoms with Gasteiger partial charge in [-0.15, -0.1) is 0 Å². The number of piperazine rings is 1. The number of carbonyl (C=O) groups is 1. The van der Waals surface area contributed by atoms with E-state index in [-0.39, 0.29) is 39.9 Å². The number of allylic oxidation sites excluding steroid dienone is 1. The molecule has 3 fully saturated rings. The standard InChI is InChI=1S/C51H60ClN9O7S/c1-51(2)17-15-36(43(32-51)34-3-5-37(52)6-4-34)33-57-19-21-58(22-20-57)40-11-13-42(45(30-40)60-25-28-68-50-47(60)29-35-16-18-53-48(35)55-50)49(62)56-69(65,66)41-12-14-44(46(31-41)61(63)64)54-38-7-9-39(10-8-38)59-23-26-67-27-24-59/h3-6,11-14,16,18,29-31,38-39,54H,7-10,15,17,19-28,32-33H2,1-2H3,(H,53,55)(H,56,62)/t38-,39-. The number of fused-ring (bicyclic) bond motifs is 2. The van der Waals surface area contributed by atoms with Crippen molar-refractivity contribution in [3.63, 3.8) is 0 Å². The van der Waals surface area contributed by atoms with Gasteiger partial charge in [0.25, 0.3) is 21.6 Å². The van der Waals surface area contributed by atoms with Crippen LogP contribution in [0.3, 0.4) is 0 Å². The predicted octanol–water partition coefficient (Wildman–Crippen LogP) is 8.61. The molecule has 5 aromatic rings. The van der Waals surface area contributed by atoms with Gasteiger partial charge in [0.05, 0.1) is 40.8 Å². The largest absolute Gasteiger partial charge is 0.474 e. The second kappa shape index (κ2) is 19.6. The van der Waals surface area contributed by atoms with Crippen molar-refractivity contribution in [2.24, 2.45) is 5.41 Å². The number of hydrogen-bond donors (Lipinski definition) is 3. The normalized spacial score (nSPS) is 21.4. The maximum atomic E-state index is 14.4. The number of anilines is 4. The van der Waals surface area contributed by atoms with Gasteiger partial charge in [-0.2, -0.15) is 4.98 Å². The topological polar surface area (TPSA) is 179 Å². The summed E-state index contributed by atoms with van der Waals surface area (Å²) in [5, 5.41) is 17.3. The van der Waals surface area contributed by atoms with E-state index in [9.17, 15) is 23.3 Å². The Morgan fingerprint density at radius 3 is 2.43 bits per heavy atom. The molecule has 3 aliphatic heterocycles. The van der Waals surface area contributed by atoms with Crippen LogP contribution >= 0.6 is 11.6 Å². The summed E-state index contributed by atoms with van der Waals surface area (Å²) in [5.41, 5.74) is 7.02. The number of nitrogens with one attached hydrogen (secondary N) is 3. The van der Waals surface area contributed by atoms with E-state index >= 15 is 0 Å². The van der Waals surface area contributed by atoms with Crippen molar-refractivity contribution >= 4 is 72.6 Å². The molecule has 2 saturated heterocycles. The summed E-state index contributed by atoms with van der Waals surface area (Å²) < 4.78 is 41.9. The van der Waals surface area contributed by atoms with Crippen LogP contribution < -0.4 is 24.6 Å². The van der Waals surface area contributed by atoms with Gasteiger partial charge in [0.15, 0.2) is 0 Å².